The molecule has 2 aromatic rings. The molecule has 15 heavy (non-hydrogen) atoms. The number of nitrogens with zero attached hydrogens (tertiary/aromatic N) is 3. The molecular weight excluding hydrogens is 256 g/mol. The lowest BCUT2D eigenvalue weighted by Gasteiger charge is -2.04. The molecule has 0 atom stereocenters. The standard InChI is InChI=1S/C10H9BrN4/c1-7-2-9(6-12-3-7)15-10-13-4-8(11)5-14-10/h2-6H,1H3,(H,13,14,15). The average molecular weight is 265 g/mol. The van der Waals surface area contributed by atoms with Crippen molar-refractivity contribution in [2.75, 3.05) is 5.32 Å². The normalized spacial score (nSPS) is 10.0. The third kappa shape index (κ3) is 2.73. The fourth-order valence-electron chi connectivity index (χ4n) is 1.13. The van der Waals surface area contributed by atoms with Gasteiger partial charge in [-0.3, -0.25) is 4.98 Å². The highest BCUT2D eigenvalue weighted by Gasteiger charge is 1.97. The van der Waals surface area contributed by atoms with Crippen LogP contribution in [0.1, 0.15) is 5.56 Å². The molecule has 0 spiro atoms. The maximum Gasteiger partial charge on any atom is 0.227 e. The quantitative estimate of drug-likeness (QED) is 0.906. The smallest absolute Gasteiger partial charge is 0.227 e. The van der Waals surface area contributed by atoms with Crippen molar-refractivity contribution in [2.45, 2.75) is 6.92 Å². The topological polar surface area (TPSA) is 50.7 Å². The predicted octanol–water partition coefficient (Wildman–Crippen LogP) is 2.69. The highest BCUT2D eigenvalue weighted by atomic mass is 79.9. The van der Waals surface area contributed by atoms with Gasteiger partial charge < -0.3 is 5.32 Å². The minimum Gasteiger partial charge on any atom is -0.323 e. The largest absolute Gasteiger partial charge is 0.323 e. The first-order chi connectivity index (χ1) is 7.24. The van der Waals surface area contributed by atoms with E-state index in [9.17, 15) is 0 Å². The molecular formula is C10H9BrN4. The van der Waals surface area contributed by atoms with Crippen LogP contribution in [0.3, 0.4) is 0 Å². The minimum atomic E-state index is 0.561. The molecule has 2 heterocycles. The van der Waals surface area contributed by atoms with Crippen molar-refractivity contribution >= 4 is 27.6 Å². The third-order valence-electron chi connectivity index (χ3n) is 1.75. The van der Waals surface area contributed by atoms with Crippen molar-refractivity contribution in [1.29, 1.82) is 0 Å². The molecule has 4 nitrogen and oxygen atoms in total. The Labute approximate surface area is 95.9 Å². The van der Waals surface area contributed by atoms with E-state index >= 15 is 0 Å². The van der Waals surface area contributed by atoms with Gasteiger partial charge in [0.2, 0.25) is 5.95 Å². The summed E-state index contributed by atoms with van der Waals surface area (Å²) in [6.07, 6.45) is 6.92. The van der Waals surface area contributed by atoms with E-state index in [1.54, 1.807) is 24.8 Å². The maximum absolute atomic E-state index is 4.11. The number of nitrogens with one attached hydrogen (secondary N) is 1. The van der Waals surface area contributed by atoms with Gasteiger partial charge >= 0.3 is 0 Å². The van der Waals surface area contributed by atoms with Gasteiger partial charge in [0, 0.05) is 18.6 Å². The zero-order valence-electron chi connectivity index (χ0n) is 8.11. The van der Waals surface area contributed by atoms with Crippen LogP contribution in [0.15, 0.2) is 35.3 Å². The maximum atomic E-state index is 4.11. The van der Waals surface area contributed by atoms with Gasteiger partial charge in [0.1, 0.15) is 0 Å². The number of rotatable bonds is 2. The Kier molecular flexibility index (Phi) is 2.91. The van der Waals surface area contributed by atoms with Crippen LogP contribution in [0.4, 0.5) is 11.6 Å². The summed E-state index contributed by atoms with van der Waals surface area (Å²) in [6, 6.07) is 1.98. The second kappa shape index (κ2) is 4.35. The zero-order valence-corrected chi connectivity index (χ0v) is 9.69. The first kappa shape index (κ1) is 10.0. The number of anilines is 2. The first-order valence-electron chi connectivity index (χ1n) is 4.40. The number of pyridine rings is 1. The number of hydrogen-bond acceptors (Lipinski definition) is 4. The lowest BCUT2D eigenvalue weighted by Crippen LogP contribution is -1.96. The van der Waals surface area contributed by atoms with E-state index in [-0.39, 0.29) is 0 Å². The van der Waals surface area contributed by atoms with E-state index in [0.29, 0.717) is 5.95 Å². The molecule has 2 aromatic heterocycles. The van der Waals surface area contributed by atoms with E-state index < -0.39 is 0 Å². The number of hydrogen-bond donors (Lipinski definition) is 1. The second-order valence-electron chi connectivity index (χ2n) is 3.10. The Bertz CT molecular complexity index is 455. The zero-order chi connectivity index (χ0) is 10.7. The summed E-state index contributed by atoms with van der Waals surface area (Å²) in [4.78, 5) is 12.3. The van der Waals surface area contributed by atoms with Crippen molar-refractivity contribution in [2.24, 2.45) is 0 Å². The molecule has 1 N–H and O–H groups in total. The summed E-state index contributed by atoms with van der Waals surface area (Å²) >= 11 is 3.28. The van der Waals surface area contributed by atoms with Gasteiger partial charge in [0.05, 0.1) is 16.4 Å². The van der Waals surface area contributed by atoms with Crippen molar-refractivity contribution in [3.05, 3.63) is 40.9 Å². The Morgan fingerprint density at radius 1 is 1.13 bits per heavy atom. The Morgan fingerprint density at radius 2 is 1.87 bits per heavy atom. The molecule has 0 amide bonds. The summed E-state index contributed by atoms with van der Waals surface area (Å²) in [6.45, 7) is 1.99. The molecule has 2 rings (SSSR count). The van der Waals surface area contributed by atoms with Crippen molar-refractivity contribution in [1.82, 2.24) is 15.0 Å². The summed E-state index contributed by atoms with van der Waals surface area (Å²) < 4.78 is 0.857. The molecule has 0 aliphatic heterocycles. The predicted molar refractivity (Wildman–Crippen MR) is 62.0 cm³/mol. The average Bonchev–Trinajstić information content (AvgIpc) is 2.22. The van der Waals surface area contributed by atoms with Crippen LogP contribution in [0.2, 0.25) is 0 Å². The van der Waals surface area contributed by atoms with Crippen LogP contribution in [-0.4, -0.2) is 15.0 Å². The molecule has 5 heteroatoms. The summed E-state index contributed by atoms with van der Waals surface area (Å²) in [5.41, 5.74) is 1.98. The van der Waals surface area contributed by atoms with E-state index in [1.807, 2.05) is 13.0 Å². The third-order valence-corrected chi connectivity index (χ3v) is 2.16. The van der Waals surface area contributed by atoms with Gasteiger partial charge in [-0.2, -0.15) is 0 Å². The van der Waals surface area contributed by atoms with E-state index in [4.69, 9.17) is 0 Å². The van der Waals surface area contributed by atoms with Crippen LogP contribution in [0, 0.1) is 6.92 Å². The van der Waals surface area contributed by atoms with Crippen molar-refractivity contribution in [3.63, 3.8) is 0 Å². The number of aromatic nitrogens is 3. The Hall–Kier alpha value is -1.49. The highest BCUT2D eigenvalue weighted by Crippen LogP contribution is 2.13. The number of aryl methyl sites for hydroxylation is 1. The minimum absolute atomic E-state index is 0.561. The molecule has 0 saturated carbocycles. The van der Waals surface area contributed by atoms with Gasteiger partial charge in [-0.25, -0.2) is 9.97 Å². The second-order valence-corrected chi connectivity index (χ2v) is 4.02. The Balaban J connectivity index is 2.18. The van der Waals surface area contributed by atoms with Crippen molar-refractivity contribution < 1.29 is 0 Å². The van der Waals surface area contributed by atoms with E-state index in [2.05, 4.69) is 36.2 Å². The van der Waals surface area contributed by atoms with Crippen LogP contribution in [0.25, 0.3) is 0 Å². The van der Waals surface area contributed by atoms with Crippen LogP contribution in [0.5, 0.6) is 0 Å². The van der Waals surface area contributed by atoms with Gasteiger partial charge in [-0.1, -0.05) is 0 Å². The fraction of sp³-hybridized carbons (Fsp3) is 0.100. The van der Waals surface area contributed by atoms with Gasteiger partial charge in [0.15, 0.2) is 0 Å². The van der Waals surface area contributed by atoms with Crippen molar-refractivity contribution in [3.8, 4) is 0 Å². The Morgan fingerprint density at radius 3 is 2.53 bits per heavy atom. The van der Waals surface area contributed by atoms with Crippen LogP contribution in [-0.2, 0) is 0 Å². The van der Waals surface area contributed by atoms with E-state index in [1.165, 1.54) is 0 Å². The lowest BCUT2D eigenvalue weighted by molar-refractivity contribution is 1.14. The molecule has 0 fully saturated rings. The fourth-order valence-corrected chi connectivity index (χ4v) is 1.33. The lowest BCUT2D eigenvalue weighted by atomic mass is 10.3. The first-order valence-corrected chi connectivity index (χ1v) is 5.19. The monoisotopic (exact) mass is 264 g/mol. The van der Waals surface area contributed by atoms with Crippen LogP contribution < -0.4 is 5.32 Å². The molecule has 0 saturated heterocycles. The van der Waals surface area contributed by atoms with Crippen LogP contribution >= 0.6 is 15.9 Å². The summed E-state index contributed by atoms with van der Waals surface area (Å²) in [5.74, 6) is 0.561. The highest BCUT2D eigenvalue weighted by molar-refractivity contribution is 9.10. The van der Waals surface area contributed by atoms with Gasteiger partial charge in [0.25, 0.3) is 0 Å². The summed E-state index contributed by atoms with van der Waals surface area (Å²) in [5, 5.41) is 3.07. The molecule has 0 aliphatic carbocycles. The SMILES string of the molecule is Cc1cncc(Nc2ncc(Br)cn2)c1. The molecule has 0 aromatic carbocycles. The molecule has 76 valence electrons. The molecule has 0 aliphatic rings. The summed E-state index contributed by atoms with van der Waals surface area (Å²) in [7, 11) is 0. The van der Waals surface area contributed by atoms with Gasteiger partial charge in [-0.05, 0) is 34.5 Å². The molecule has 0 unspecified atom stereocenters. The molecule has 0 radical (unpaired) electrons. The van der Waals surface area contributed by atoms with E-state index in [0.717, 1.165) is 15.7 Å². The molecule has 0 bridgehead atoms. The number of halogens is 1. The van der Waals surface area contributed by atoms with Gasteiger partial charge in [-0.15, -0.1) is 0 Å².